The Balaban J connectivity index is 2.51. The van der Waals surface area contributed by atoms with Gasteiger partial charge in [-0.25, -0.2) is 0 Å². The number of rotatable bonds is 4. The summed E-state index contributed by atoms with van der Waals surface area (Å²) in [5.74, 6) is 2.67. The number of nitrogens with one attached hydrogen (secondary N) is 1. The molecule has 1 atom stereocenters. The maximum Gasteiger partial charge on any atom is 0.261 e. The molecule has 4 heteroatoms. The first kappa shape index (κ1) is 12.4. The van der Waals surface area contributed by atoms with E-state index in [2.05, 4.69) is 11.2 Å². The summed E-state index contributed by atoms with van der Waals surface area (Å²) in [6, 6.07) is 6.80. The number of carbonyl (C=O) groups excluding carboxylic acids is 1. The largest absolute Gasteiger partial charge is 0.481 e. The second kappa shape index (κ2) is 6.04. The monoisotopic (exact) mass is 237 g/mol. The molecule has 1 aromatic rings. The van der Waals surface area contributed by atoms with Crippen LogP contribution in [-0.4, -0.2) is 18.6 Å². The molecule has 1 rings (SSSR count). The minimum atomic E-state index is -0.588. The van der Waals surface area contributed by atoms with Crippen molar-refractivity contribution in [2.24, 2.45) is 0 Å². The highest BCUT2D eigenvalue weighted by Crippen LogP contribution is 2.16. The first-order valence-electron chi connectivity index (χ1n) is 4.77. The van der Waals surface area contributed by atoms with E-state index in [1.54, 1.807) is 31.2 Å². The van der Waals surface area contributed by atoms with Crippen molar-refractivity contribution in [1.29, 1.82) is 0 Å². The third-order valence-electron chi connectivity index (χ3n) is 1.86. The lowest BCUT2D eigenvalue weighted by Crippen LogP contribution is -2.36. The van der Waals surface area contributed by atoms with E-state index >= 15 is 0 Å². The highest BCUT2D eigenvalue weighted by molar-refractivity contribution is 6.30. The molecule has 0 spiro atoms. The second-order valence-corrected chi connectivity index (χ2v) is 3.57. The van der Waals surface area contributed by atoms with Gasteiger partial charge in [-0.2, -0.15) is 0 Å². The Morgan fingerprint density at radius 3 is 2.75 bits per heavy atom. The van der Waals surface area contributed by atoms with Crippen LogP contribution in [0.2, 0.25) is 5.02 Å². The number of hydrogen-bond donors (Lipinski definition) is 1. The fourth-order valence-electron chi connectivity index (χ4n) is 1.05. The number of hydrogen-bond acceptors (Lipinski definition) is 2. The lowest BCUT2D eigenvalue weighted by Gasteiger charge is -2.13. The van der Waals surface area contributed by atoms with E-state index in [0.29, 0.717) is 10.8 Å². The maximum absolute atomic E-state index is 11.4. The van der Waals surface area contributed by atoms with Crippen molar-refractivity contribution in [2.75, 3.05) is 6.54 Å². The molecule has 0 saturated heterocycles. The fourth-order valence-corrected chi connectivity index (χ4v) is 1.18. The average molecular weight is 238 g/mol. The molecule has 3 nitrogen and oxygen atoms in total. The van der Waals surface area contributed by atoms with Crippen molar-refractivity contribution >= 4 is 17.5 Å². The predicted octanol–water partition coefficient (Wildman–Crippen LogP) is 1.86. The van der Waals surface area contributed by atoms with Crippen molar-refractivity contribution in [3.05, 3.63) is 29.3 Å². The van der Waals surface area contributed by atoms with Crippen LogP contribution in [0, 0.1) is 12.3 Å². The lowest BCUT2D eigenvalue weighted by atomic mass is 10.3. The topological polar surface area (TPSA) is 38.3 Å². The molecule has 84 valence electrons. The molecule has 16 heavy (non-hydrogen) atoms. The number of halogens is 1. The van der Waals surface area contributed by atoms with E-state index in [-0.39, 0.29) is 12.5 Å². The van der Waals surface area contributed by atoms with Crippen LogP contribution in [0.25, 0.3) is 0 Å². The van der Waals surface area contributed by atoms with E-state index in [1.807, 2.05) is 0 Å². The molecule has 0 aliphatic carbocycles. The normalized spacial score (nSPS) is 11.3. The molecule has 0 bridgehead atoms. The SMILES string of the molecule is C#CCNC(=O)C(C)Oc1ccc(Cl)cc1. The third kappa shape index (κ3) is 3.84. The summed E-state index contributed by atoms with van der Waals surface area (Å²) in [5, 5.41) is 3.16. The van der Waals surface area contributed by atoms with Gasteiger partial charge in [0, 0.05) is 5.02 Å². The highest BCUT2D eigenvalue weighted by Gasteiger charge is 2.13. The van der Waals surface area contributed by atoms with Gasteiger partial charge in [-0.05, 0) is 31.2 Å². The highest BCUT2D eigenvalue weighted by atomic mass is 35.5. The van der Waals surface area contributed by atoms with Crippen LogP contribution in [0.1, 0.15) is 6.92 Å². The summed E-state index contributed by atoms with van der Waals surface area (Å²) < 4.78 is 5.39. The van der Waals surface area contributed by atoms with Crippen molar-refractivity contribution in [3.8, 4) is 18.1 Å². The van der Waals surface area contributed by atoms with Crippen LogP contribution >= 0.6 is 11.6 Å². The van der Waals surface area contributed by atoms with E-state index in [9.17, 15) is 4.79 Å². The Labute approximate surface area is 99.7 Å². The smallest absolute Gasteiger partial charge is 0.261 e. The van der Waals surface area contributed by atoms with Gasteiger partial charge in [-0.15, -0.1) is 6.42 Å². The number of benzene rings is 1. The molecule has 0 radical (unpaired) electrons. The first-order chi connectivity index (χ1) is 7.63. The number of ether oxygens (including phenoxy) is 1. The van der Waals surface area contributed by atoms with Crippen LogP contribution in [0.4, 0.5) is 0 Å². The van der Waals surface area contributed by atoms with Crippen LogP contribution in [0.3, 0.4) is 0 Å². The number of terminal acetylenes is 1. The number of amides is 1. The Hall–Kier alpha value is -1.66. The van der Waals surface area contributed by atoms with Gasteiger partial charge in [0.1, 0.15) is 5.75 Å². The molecule has 0 fully saturated rings. The zero-order valence-corrected chi connectivity index (χ0v) is 9.62. The molecule has 0 aromatic heterocycles. The Bertz CT molecular complexity index is 394. The zero-order valence-electron chi connectivity index (χ0n) is 8.87. The quantitative estimate of drug-likeness (QED) is 0.812. The molecule has 1 N–H and O–H groups in total. The Morgan fingerprint density at radius 1 is 1.56 bits per heavy atom. The summed E-state index contributed by atoms with van der Waals surface area (Å²) in [4.78, 5) is 11.4. The second-order valence-electron chi connectivity index (χ2n) is 3.14. The summed E-state index contributed by atoms with van der Waals surface area (Å²) in [6.45, 7) is 1.85. The zero-order chi connectivity index (χ0) is 12.0. The molecular formula is C12H12ClNO2. The minimum absolute atomic E-state index is 0.202. The molecule has 0 aliphatic heterocycles. The Morgan fingerprint density at radius 2 is 2.19 bits per heavy atom. The van der Waals surface area contributed by atoms with Gasteiger partial charge in [0.15, 0.2) is 6.10 Å². The van der Waals surface area contributed by atoms with Crippen molar-refractivity contribution in [2.45, 2.75) is 13.0 Å². The maximum atomic E-state index is 11.4. The van der Waals surface area contributed by atoms with Crippen molar-refractivity contribution in [1.82, 2.24) is 5.32 Å². The summed E-state index contributed by atoms with van der Waals surface area (Å²) in [5.41, 5.74) is 0. The third-order valence-corrected chi connectivity index (χ3v) is 2.11. The van der Waals surface area contributed by atoms with Gasteiger partial charge in [0.05, 0.1) is 6.54 Å². The molecule has 0 heterocycles. The molecular weight excluding hydrogens is 226 g/mol. The van der Waals surface area contributed by atoms with Gasteiger partial charge < -0.3 is 10.1 Å². The number of carbonyl (C=O) groups is 1. The molecule has 1 aromatic carbocycles. The van der Waals surface area contributed by atoms with E-state index in [0.717, 1.165) is 0 Å². The van der Waals surface area contributed by atoms with Gasteiger partial charge in [0.25, 0.3) is 5.91 Å². The van der Waals surface area contributed by atoms with Gasteiger partial charge in [0.2, 0.25) is 0 Å². The van der Waals surface area contributed by atoms with Gasteiger partial charge >= 0.3 is 0 Å². The summed E-state index contributed by atoms with van der Waals surface area (Å²) in [6.07, 6.45) is 4.44. The lowest BCUT2D eigenvalue weighted by molar-refractivity contribution is -0.126. The van der Waals surface area contributed by atoms with Crippen LogP contribution < -0.4 is 10.1 Å². The van der Waals surface area contributed by atoms with Crippen molar-refractivity contribution in [3.63, 3.8) is 0 Å². The van der Waals surface area contributed by atoms with Gasteiger partial charge in [-0.1, -0.05) is 17.5 Å². The Kier molecular flexibility index (Phi) is 4.68. The van der Waals surface area contributed by atoms with Crippen LogP contribution in [0.5, 0.6) is 5.75 Å². The molecule has 1 amide bonds. The molecule has 1 unspecified atom stereocenters. The van der Waals surface area contributed by atoms with E-state index < -0.39 is 6.10 Å². The van der Waals surface area contributed by atoms with Gasteiger partial charge in [-0.3, -0.25) is 4.79 Å². The standard InChI is InChI=1S/C12H12ClNO2/c1-3-8-14-12(15)9(2)16-11-6-4-10(13)5-7-11/h1,4-7,9H,8H2,2H3,(H,14,15). The van der Waals surface area contributed by atoms with E-state index in [1.165, 1.54) is 0 Å². The molecule has 0 saturated carbocycles. The average Bonchev–Trinajstić information content (AvgIpc) is 2.29. The van der Waals surface area contributed by atoms with E-state index in [4.69, 9.17) is 22.8 Å². The fraction of sp³-hybridized carbons (Fsp3) is 0.250. The summed E-state index contributed by atoms with van der Waals surface area (Å²) >= 11 is 5.72. The van der Waals surface area contributed by atoms with Crippen LogP contribution in [-0.2, 0) is 4.79 Å². The predicted molar refractivity (Wildman–Crippen MR) is 63.4 cm³/mol. The minimum Gasteiger partial charge on any atom is -0.481 e. The molecule has 0 aliphatic rings. The van der Waals surface area contributed by atoms with Crippen molar-refractivity contribution < 1.29 is 9.53 Å². The summed E-state index contributed by atoms with van der Waals surface area (Å²) in [7, 11) is 0. The van der Waals surface area contributed by atoms with Crippen LogP contribution in [0.15, 0.2) is 24.3 Å². The first-order valence-corrected chi connectivity index (χ1v) is 5.14.